The van der Waals surface area contributed by atoms with E-state index in [9.17, 15) is 4.79 Å². The smallest absolute Gasteiger partial charge is 0.229 e. The van der Waals surface area contributed by atoms with Crippen LogP contribution in [-0.4, -0.2) is 35.1 Å². The molecule has 1 amide bonds. The summed E-state index contributed by atoms with van der Waals surface area (Å²) in [4.78, 5) is 20.1. The highest BCUT2D eigenvalue weighted by molar-refractivity contribution is 5.89. The zero-order chi connectivity index (χ0) is 17.6. The summed E-state index contributed by atoms with van der Waals surface area (Å²) in [6.45, 7) is 4.99. The summed E-state index contributed by atoms with van der Waals surface area (Å²) in [5, 5.41) is 9.26. The van der Waals surface area contributed by atoms with Crippen LogP contribution in [0.3, 0.4) is 0 Å². The Morgan fingerprint density at radius 3 is 2.88 bits per heavy atom. The maximum atomic E-state index is 11.2. The van der Waals surface area contributed by atoms with E-state index in [0.717, 1.165) is 48.9 Å². The highest BCUT2D eigenvalue weighted by atomic mass is 16.5. The van der Waals surface area contributed by atoms with Gasteiger partial charge in [0.25, 0.3) is 0 Å². The Kier molecular flexibility index (Phi) is 5.45. The topological polar surface area (TPSA) is 88.2 Å². The van der Waals surface area contributed by atoms with E-state index in [0.29, 0.717) is 5.95 Å². The molecule has 3 N–H and O–H groups in total. The molecular formula is C18H23N5O2. The van der Waals surface area contributed by atoms with Crippen molar-refractivity contribution in [3.05, 3.63) is 36.0 Å². The Morgan fingerprint density at radius 2 is 2.12 bits per heavy atom. The first kappa shape index (κ1) is 17.2. The van der Waals surface area contributed by atoms with Crippen LogP contribution in [0.5, 0.6) is 0 Å². The summed E-state index contributed by atoms with van der Waals surface area (Å²) in [7, 11) is 0. The molecule has 1 unspecified atom stereocenters. The van der Waals surface area contributed by atoms with Gasteiger partial charge in [0.2, 0.25) is 11.9 Å². The van der Waals surface area contributed by atoms with Crippen LogP contribution in [-0.2, 0) is 9.53 Å². The second kappa shape index (κ2) is 7.94. The molecular weight excluding hydrogens is 318 g/mol. The van der Waals surface area contributed by atoms with Crippen molar-refractivity contribution in [3.63, 3.8) is 0 Å². The Balaban J connectivity index is 1.68. The number of hydrogen-bond acceptors (Lipinski definition) is 6. The molecule has 0 bridgehead atoms. The van der Waals surface area contributed by atoms with Crippen molar-refractivity contribution in [2.45, 2.75) is 32.8 Å². The van der Waals surface area contributed by atoms with Crippen molar-refractivity contribution in [1.82, 2.24) is 9.97 Å². The fourth-order valence-corrected chi connectivity index (χ4v) is 2.75. The molecule has 1 atom stereocenters. The Labute approximate surface area is 147 Å². The van der Waals surface area contributed by atoms with Crippen molar-refractivity contribution in [2.24, 2.45) is 0 Å². The predicted octanol–water partition coefficient (Wildman–Crippen LogP) is 3.08. The van der Waals surface area contributed by atoms with Gasteiger partial charge in [0.05, 0.1) is 6.10 Å². The van der Waals surface area contributed by atoms with E-state index in [4.69, 9.17) is 4.74 Å². The van der Waals surface area contributed by atoms with Crippen LogP contribution < -0.4 is 16.0 Å². The second-order valence-electron chi connectivity index (χ2n) is 6.12. The normalized spacial score (nSPS) is 16.5. The zero-order valence-electron chi connectivity index (χ0n) is 14.5. The molecule has 132 valence electrons. The Bertz CT molecular complexity index is 744. The number of carbonyl (C=O) groups is 1. The molecule has 0 aliphatic carbocycles. The van der Waals surface area contributed by atoms with Crippen LogP contribution in [0.1, 0.15) is 25.5 Å². The van der Waals surface area contributed by atoms with E-state index in [2.05, 4.69) is 25.9 Å². The molecule has 2 aromatic rings. The lowest BCUT2D eigenvalue weighted by atomic mass is 10.2. The van der Waals surface area contributed by atoms with E-state index in [1.54, 1.807) is 0 Å². The summed E-state index contributed by atoms with van der Waals surface area (Å²) in [5.41, 5.74) is 2.40. The number of hydrogen-bond donors (Lipinski definition) is 3. The van der Waals surface area contributed by atoms with Gasteiger partial charge in [-0.2, -0.15) is 4.98 Å². The van der Waals surface area contributed by atoms with E-state index in [1.165, 1.54) is 6.92 Å². The van der Waals surface area contributed by atoms with Crippen molar-refractivity contribution in [3.8, 4) is 0 Å². The lowest BCUT2D eigenvalue weighted by Gasteiger charge is -2.13. The number of anilines is 4. The van der Waals surface area contributed by atoms with Gasteiger partial charge in [-0.15, -0.1) is 0 Å². The van der Waals surface area contributed by atoms with Crippen molar-refractivity contribution in [1.29, 1.82) is 0 Å². The van der Waals surface area contributed by atoms with Crippen LogP contribution in [0.25, 0.3) is 0 Å². The molecule has 25 heavy (non-hydrogen) atoms. The fraction of sp³-hybridized carbons (Fsp3) is 0.389. The van der Waals surface area contributed by atoms with E-state index >= 15 is 0 Å². The quantitative estimate of drug-likeness (QED) is 0.748. The number of carbonyl (C=O) groups excluding carboxylic acids is 1. The summed E-state index contributed by atoms with van der Waals surface area (Å²) >= 11 is 0. The molecule has 1 aromatic carbocycles. The SMILES string of the molecule is CC(=O)Nc1cccc(Nc2nc(C)cc(NCC3CCCO3)n2)c1. The Hall–Kier alpha value is -2.67. The first-order valence-electron chi connectivity index (χ1n) is 8.44. The summed E-state index contributed by atoms with van der Waals surface area (Å²) < 4.78 is 5.62. The van der Waals surface area contributed by atoms with Crippen LogP contribution in [0, 0.1) is 6.92 Å². The van der Waals surface area contributed by atoms with Gasteiger partial charge in [0.15, 0.2) is 0 Å². The second-order valence-corrected chi connectivity index (χ2v) is 6.12. The third-order valence-corrected chi connectivity index (χ3v) is 3.83. The molecule has 7 heteroatoms. The average Bonchev–Trinajstić information content (AvgIpc) is 3.05. The van der Waals surface area contributed by atoms with Gasteiger partial charge in [0, 0.05) is 43.2 Å². The van der Waals surface area contributed by atoms with Crippen LogP contribution >= 0.6 is 0 Å². The van der Waals surface area contributed by atoms with E-state index in [1.807, 2.05) is 37.3 Å². The van der Waals surface area contributed by atoms with Gasteiger partial charge in [-0.05, 0) is 38.0 Å². The van der Waals surface area contributed by atoms with Crippen LogP contribution in [0.4, 0.5) is 23.1 Å². The Morgan fingerprint density at radius 1 is 1.28 bits per heavy atom. The minimum Gasteiger partial charge on any atom is -0.376 e. The molecule has 2 heterocycles. The molecule has 0 radical (unpaired) electrons. The molecule has 0 saturated carbocycles. The number of nitrogens with zero attached hydrogens (tertiary/aromatic N) is 2. The largest absolute Gasteiger partial charge is 0.376 e. The minimum atomic E-state index is -0.107. The lowest BCUT2D eigenvalue weighted by Crippen LogP contribution is -2.19. The number of rotatable bonds is 6. The summed E-state index contributed by atoms with van der Waals surface area (Å²) in [6, 6.07) is 9.34. The standard InChI is InChI=1S/C18H23N5O2/c1-12-9-17(19-11-16-7-4-8-25-16)23-18(20-12)22-15-6-3-5-14(10-15)21-13(2)24/h3,5-6,9-10,16H,4,7-8,11H2,1-2H3,(H,21,24)(H2,19,20,22,23). The number of aryl methyl sites for hydroxylation is 1. The van der Waals surface area contributed by atoms with E-state index < -0.39 is 0 Å². The van der Waals surface area contributed by atoms with Gasteiger partial charge in [-0.25, -0.2) is 4.98 Å². The predicted molar refractivity (Wildman–Crippen MR) is 98.3 cm³/mol. The van der Waals surface area contributed by atoms with Crippen molar-refractivity contribution >= 4 is 29.0 Å². The lowest BCUT2D eigenvalue weighted by molar-refractivity contribution is -0.114. The summed E-state index contributed by atoms with van der Waals surface area (Å²) in [6.07, 6.45) is 2.45. The number of aromatic nitrogens is 2. The van der Waals surface area contributed by atoms with Gasteiger partial charge < -0.3 is 20.7 Å². The average molecular weight is 341 g/mol. The highest BCUT2D eigenvalue weighted by Gasteiger charge is 2.15. The molecule has 1 fully saturated rings. The van der Waals surface area contributed by atoms with Crippen molar-refractivity contribution in [2.75, 3.05) is 29.1 Å². The summed E-state index contributed by atoms with van der Waals surface area (Å²) in [5.74, 6) is 1.17. The van der Waals surface area contributed by atoms with Crippen LogP contribution in [0.15, 0.2) is 30.3 Å². The van der Waals surface area contributed by atoms with Gasteiger partial charge in [-0.3, -0.25) is 4.79 Å². The number of benzene rings is 1. The minimum absolute atomic E-state index is 0.107. The molecule has 1 aliphatic rings. The molecule has 3 rings (SSSR count). The van der Waals surface area contributed by atoms with Crippen molar-refractivity contribution < 1.29 is 9.53 Å². The fourth-order valence-electron chi connectivity index (χ4n) is 2.75. The van der Waals surface area contributed by atoms with Gasteiger partial charge in [-0.1, -0.05) is 6.07 Å². The van der Waals surface area contributed by atoms with Gasteiger partial charge >= 0.3 is 0 Å². The maximum Gasteiger partial charge on any atom is 0.229 e. The third-order valence-electron chi connectivity index (χ3n) is 3.83. The number of nitrogens with one attached hydrogen (secondary N) is 3. The highest BCUT2D eigenvalue weighted by Crippen LogP contribution is 2.20. The first-order valence-corrected chi connectivity index (χ1v) is 8.44. The number of ether oxygens (including phenoxy) is 1. The molecule has 7 nitrogen and oxygen atoms in total. The van der Waals surface area contributed by atoms with Crippen LogP contribution in [0.2, 0.25) is 0 Å². The molecule has 1 aliphatic heterocycles. The molecule has 1 aromatic heterocycles. The first-order chi connectivity index (χ1) is 12.1. The van der Waals surface area contributed by atoms with Gasteiger partial charge in [0.1, 0.15) is 5.82 Å². The molecule has 1 saturated heterocycles. The monoisotopic (exact) mass is 341 g/mol. The van der Waals surface area contributed by atoms with E-state index in [-0.39, 0.29) is 12.0 Å². The molecule has 0 spiro atoms. The maximum absolute atomic E-state index is 11.2. The third kappa shape index (κ3) is 5.15. The number of amides is 1. The zero-order valence-corrected chi connectivity index (χ0v) is 14.5.